The molecule has 0 aliphatic rings. The number of nitrogens with zero attached hydrogens (tertiary/aromatic N) is 1. The van der Waals surface area contributed by atoms with Crippen LogP contribution in [0.2, 0.25) is 0 Å². The highest BCUT2D eigenvalue weighted by atomic mass is 32.1. The average molecular weight is 313 g/mol. The molecule has 1 amide bonds. The second-order valence-electron chi connectivity index (χ2n) is 4.77. The quantitative estimate of drug-likeness (QED) is 0.826. The summed E-state index contributed by atoms with van der Waals surface area (Å²) in [5, 5.41) is 3.52. The zero-order valence-corrected chi connectivity index (χ0v) is 12.2. The lowest BCUT2D eigenvalue weighted by Crippen LogP contribution is -2.38. The topological polar surface area (TPSA) is 20.3 Å². The van der Waals surface area contributed by atoms with Gasteiger partial charge in [0.25, 0.3) is 5.91 Å². The molecule has 0 bridgehead atoms. The van der Waals surface area contributed by atoms with Crippen LogP contribution in [0.4, 0.5) is 13.2 Å². The molecule has 0 fully saturated rings. The van der Waals surface area contributed by atoms with E-state index >= 15 is 0 Å². The van der Waals surface area contributed by atoms with Gasteiger partial charge in [-0.3, -0.25) is 4.79 Å². The van der Waals surface area contributed by atoms with Crippen molar-refractivity contribution >= 4 is 17.2 Å². The van der Waals surface area contributed by atoms with Crippen LogP contribution in [0.1, 0.15) is 21.5 Å². The maximum absolute atomic E-state index is 12.7. The molecule has 21 heavy (non-hydrogen) atoms. The van der Waals surface area contributed by atoms with E-state index in [1.807, 2.05) is 6.92 Å². The number of alkyl halides is 3. The summed E-state index contributed by atoms with van der Waals surface area (Å²) in [5.41, 5.74) is 1.91. The zero-order chi connectivity index (χ0) is 15.5. The molecule has 0 atom stereocenters. The minimum absolute atomic E-state index is 0.0459. The largest absolute Gasteiger partial charge is 0.406 e. The van der Waals surface area contributed by atoms with Gasteiger partial charge >= 0.3 is 6.18 Å². The van der Waals surface area contributed by atoms with Gasteiger partial charge in [-0.25, -0.2) is 0 Å². The Balaban J connectivity index is 2.21. The van der Waals surface area contributed by atoms with Crippen LogP contribution in [0.25, 0.3) is 0 Å². The number of halogens is 3. The van der Waals surface area contributed by atoms with Crippen LogP contribution in [0.15, 0.2) is 41.1 Å². The number of carbonyl (C=O) groups excluding carboxylic acids is 1. The minimum Gasteiger partial charge on any atom is -0.325 e. The Hall–Kier alpha value is -1.82. The smallest absolute Gasteiger partial charge is 0.325 e. The molecule has 0 spiro atoms. The third kappa shape index (κ3) is 4.60. The van der Waals surface area contributed by atoms with Gasteiger partial charge in [-0.1, -0.05) is 17.7 Å². The molecular formula is C15H14F3NOS. The Bertz CT molecular complexity index is 590. The molecular weight excluding hydrogens is 299 g/mol. The first kappa shape index (κ1) is 15.6. The number of aryl methyl sites for hydroxylation is 1. The third-order valence-electron chi connectivity index (χ3n) is 2.91. The summed E-state index contributed by atoms with van der Waals surface area (Å²) in [5.74, 6) is -0.612. The number of carbonyl (C=O) groups is 1. The maximum atomic E-state index is 12.7. The van der Waals surface area contributed by atoms with Crippen molar-refractivity contribution in [3.05, 3.63) is 57.8 Å². The van der Waals surface area contributed by atoms with E-state index in [4.69, 9.17) is 0 Å². The number of hydrogen-bond donors (Lipinski definition) is 0. The van der Waals surface area contributed by atoms with Crippen molar-refractivity contribution in [2.45, 2.75) is 19.6 Å². The first-order chi connectivity index (χ1) is 9.85. The lowest BCUT2D eigenvalue weighted by Gasteiger charge is -2.23. The summed E-state index contributed by atoms with van der Waals surface area (Å²) < 4.78 is 38.0. The second-order valence-corrected chi connectivity index (χ2v) is 5.55. The maximum Gasteiger partial charge on any atom is 0.406 e. The van der Waals surface area contributed by atoms with Gasteiger partial charge in [-0.05, 0) is 41.4 Å². The van der Waals surface area contributed by atoms with E-state index in [1.165, 1.54) is 11.3 Å². The van der Waals surface area contributed by atoms with E-state index in [-0.39, 0.29) is 12.1 Å². The van der Waals surface area contributed by atoms with Gasteiger partial charge in [-0.2, -0.15) is 24.5 Å². The van der Waals surface area contributed by atoms with Crippen molar-refractivity contribution in [1.29, 1.82) is 0 Å². The minimum atomic E-state index is -4.42. The number of amides is 1. The Morgan fingerprint density at radius 3 is 2.38 bits per heavy atom. The molecule has 6 heteroatoms. The second kappa shape index (κ2) is 6.30. The van der Waals surface area contributed by atoms with Crippen LogP contribution >= 0.6 is 11.3 Å². The van der Waals surface area contributed by atoms with Gasteiger partial charge in [-0.15, -0.1) is 0 Å². The van der Waals surface area contributed by atoms with E-state index in [9.17, 15) is 18.0 Å². The third-order valence-corrected chi connectivity index (χ3v) is 3.64. The van der Waals surface area contributed by atoms with Crippen LogP contribution in [0.5, 0.6) is 0 Å². The molecule has 0 N–H and O–H groups in total. The van der Waals surface area contributed by atoms with Crippen LogP contribution in [-0.4, -0.2) is 23.5 Å². The van der Waals surface area contributed by atoms with Gasteiger partial charge in [0, 0.05) is 12.1 Å². The fourth-order valence-corrected chi connectivity index (χ4v) is 2.56. The summed E-state index contributed by atoms with van der Waals surface area (Å²) in [4.78, 5) is 13.1. The Labute approximate surface area is 124 Å². The first-order valence-corrected chi connectivity index (χ1v) is 7.23. The SMILES string of the molecule is Cc1ccc(C(=O)N(Cc2ccsc2)CC(F)(F)F)cc1. The number of rotatable bonds is 4. The molecule has 0 unspecified atom stereocenters. The molecule has 0 saturated heterocycles. The number of benzene rings is 1. The predicted octanol–water partition coefficient (Wildman–Crippen LogP) is 4.26. The van der Waals surface area contributed by atoms with Gasteiger partial charge in [0.1, 0.15) is 6.54 Å². The molecule has 1 aromatic heterocycles. The van der Waals surface area contributed by atoms with Gasteiger partial charge in [0.2, 0.25) is 0 Å². The van der Waals surface area contributed by atoms with E-state index in [0.717, 1.165) is 10.5 Å². The predicted molar refractivity (Wildman–Crippen MR) is 76.3 cm³/mol. The van der Waals surface area contributed by atoms with Crippen molar-refractivity contribution < 1.29 is 18.0 Å². The molecule has 0 aliphatic heterocycles. The normalized spacial score (nSPS) is 11.4. The van der Waals surface area contributed by atoms with Crippen molar-refractivity contribution in [3.8, 4) is 0 Å². The zero-order valence-electron chi connectivity index (χ0n) is 11.4. The van der Waals surface area contributed by atoms with Gasteiger partial charge in [0.05, 0.1) is 0 Å². The standard InChI is InChI=1S/C15H14F3NOS/c1-11-2-4-13(5-3-11)14(20)19(10-15(16,17)18)8-12-6-7-21-9-12/h2-7,9H,8,10H2,1H3. The molecule has 2 rings (SSSR count). The highest BCUT2D eigenvalue weighted by Crippen LogP contribution is 2.21. The van der Waals surface area contributed by atoms with Gasteiger partial charge < -0.3 is 4.90 Å². The molecule has 0 radical (unpaired) electrons. The fraction of sp³-hybridized carbons (Fsp3) is 0.267. The van der Waals surface area contributed by atoms with Crippen molar-refractivity contribution in [3.63, 3.8) is 0 Å². The molecule has 2 aromatic rings. The Morgan fingerprint density at radius 2 is 1.86 bits per heavy atom. The molecule has 0 saturated carbocycles. The van der Waals surface area contributed by atoms with Crippen LogP contribution in [0, 0.1) is 6.92 Å². The number of thiophene rings is 1. The van der Waals surface area contributed by atoms with Crippen molar-refractivity contribution in [1.82, 2.24) is 4.90 Å². The van der Waals surface area contributed by atoms with Crippen molar-refractivity contribution in [2.24, 2.45) is 0 Å². The fourth-order valence-electron chi connectivity index (χ4n) is 1.90. The molecule has 2 nitrogen and oxygen atoms in total. The van der Waals surface area contributed by atoms with Crippen molar-refractivity contribution in [2.75, 3.05) is 6.54 Å². The van der Waals surface area contributed by atoms with E-state index in [1.54, 1.807) is 41.1 Å². The van der Waals surface area contributed by atoms with E-state index in [0.29, 0.717) is 5.56 Å². The van der Waals surface area contributed by atoms with Crippen LogP contribution in [0.3, 0.4) is 0 Å². The molecule has 1 heterocycles. The number of hydrogen-bond acceptors (Lipinski definition) is 2. The first-order valence-electron chi connectivity index (χ1n) is 6.29. The summed E-state index contributed by atoms with van der Waals surface area (Å²) in [7, 11) is 0. The lowest BCUT2D eigenvalue weighted by atomic mass is 10.1. The average Bonchev–Trinajstić information content (AvgIpc) is 2.89. The Morgan fingerprint density at radius 1 is 1.19 bits per heavy atom. The van der Waals surface area contributed by atoms with E-state index < -0.39 is 18.6 Å². The summed E-state index contributed by atoms with van der Waals surface area (Å²) in [6.07, 6.45) is -4.42. The van der Waals surface area contributed by atoms with E-state index in [2.05, 4.69) is 0 Å². The summed E-state index contributed by atoms with van der Waals surface area (Å²) in [6, 6.07) is 8.24. The van der Waals surface area contributed by atoms with Crippen LogP contribution in [-0.2, 0) is 6.54 Å². The van der Waals surface area contributed by atoms with Gasteiger partial charge in [0.15, 0.2) is 0 Å². The van der Waals surface area contributed by atoms with Crippen LogP contribution < -0.4 is 0 Å². The molecule has 112 valence electrons. The Kier molecular flexibility index (Phi) is 4.67. The monoisotopic (exact) mass is 313 g/mol. The molecule has 1 aromatic carbocycles. The summed E-state index contributed by atoms with van der Waals surface area (Å²) in [6.45, 7) is 0.554. The highest BCUT2D eigenvalue weighted by molar-refractivity contribution is 7.07. The summed E-state index contributed by atoms with van der Waals surface area (Å²) >= 11 is 1.39. The highest BCUT2D eigenvalue weighted by Gasteiger charge is 2.33. The lowest BCUT2D eigenvalue weighted by molar-refractivity contribution is -0.141. The molecule has 0 aliphatic carbocycles.